The van der Waals surface area contributed by atoms with Crippen molar-refractivity contribution in [1.29, 1.82) is 5.26 Å². The van der Waals surface area contributed by atoms with Crippen molar-refractivity contribution in [2.24, 2.45) is 0 Å². The number of carboxylic acid groups (broad SMARTS) is 4. The van der Waals surface area contributed by atoms with Gasteiger partial charge in [0.05, 0.1) is 0 Å². The van der Waals surface area contributed by atoms with E-state index in [0.29, 0.717) is 0 Å². The highest BCUT2D eigenvalue weighted by Crippen LogP contribution is 1.45. The molecule has 0 aliphatic carbocycles. The van der Waals surface area contributed by atoms with Crippen LogP contribution in [0.4, 0.5) is 0 Å². The first-order valence-corrected chi connectivity index (χ1v) is 3.68. The van der Waals surface area contributed by atoms with Crippen molar-refractivity contribution < 1.29 is 39.6 Å². The van der Waals surface area contributed by atoms with Crippen molar-refractivity contribution in [2.75, 3.05) is 0 Å². The Morgan fingerprint density at radius 1 is 0.765 bits per heavy atom. The predicted molar refractivity (Wildman–Crippen MR) is 53.2 cm³/mol. The van der Waals surface area contributed by atoms with Crippen LogP contribution >= 0.6 is 0 Å². The lowest BCUT2D eigenvalue weighted by Crippen LogP contribution is -1.83. The van der Waals surface area contributed by atoms with Gasteiger partial charge in [-0.2, -0.15) is 5.26 Å². The Balaban J connectivity index is -0.0000000667. The van der Waals surface area contributed by atoms with Crippen LogP contribution in [0.25, 0.3) is 0 Å². The molecule has 0 aliphatic heterocycles. The second kappa shape index (κ2) is 19.0. The van der Waals surface area contributed by atoms with E-state index in [9.17, 15) is 0 Å². The van der Waals surface area contributed by atoms with Crippen LogP contribution in [0, 0.1) is 11.3 Å². The summed E-state index contributed by atoms with van der Waals surface area (Å²) in [7, 11) is 0. The van der Waals surface area contributed by atoms with Crippen LogP contribution in [0.15, 0.2) is 0 Å². The average molecular weight is 251 g/mol. The van der Waals surface area contributed by atoms with Crippen LogP contribution in [0.1, 0.15) is 20.8 Å². The third kappa shape index (κ3) is 4350. The molecular weight excluding hydrogens is 238 g/mol. The van der Waals surface area contributed by atoms with E-state index < -0.39 is 23.9 Å². The standard InChI is InChI=1S/C2HNO2.3C2H4O2/c3-1-2(4)5;3*1-2(3)4/h(H,4,5);3*1H3,(H,3,4). The molecule has 98 valence electrons. The molecule has 0 saturated carbocycles. The molecule has 4 N–H and O–H groups in total. The minimum absolute atomic E-state index is 0.833. The highest BCUT2D eigenvalue weighted by atomic mass is 16.4. The fourth-order valence-electron chi connectivity index (χ4n) is 0. The normalized spacial score (nSPS) is 6.00. The molecule has 0 bridgehead atoms. The molecule has 0 fully saturated rings. The van der Waals surface area contributed by atoms with Gasteiger partial charge >= 0.3 is 5.97 Å². The Morgan fingerprint density at radius 3 is 0.824 bits per heavy atom. The first-order chi connectivity index (χ1) is 7.47. The van der Waals surface area contributed by atoms with Crippen molar-refractivity contribution in [1.82, 2.24) is 0 Å². The molecule has 9 nitrogen and oxygen atoms in total. The van der Waals surface area contributed by atoms with Gasteiger partial charge in [-0.1, -0.05) is 0 Å². The smallest absolute Gasteiger partial charge is 0.408 e. The maximum Gasteiger partial charge on any atom is 0.408 e. The third-order valence-corrected chi connectivity index (χ3v) is 0.0956. The first kappa shape index (κ1) is 23.9. The number of carboxylic acids is 4. The number of aliphatic carboxylic acids is 4. The molecule has 0 heterocycles. The van der Waals surface area contributed by atoms with Crippen LogP contribution in [-0.4, -0.2) is 44.3 Å². The summed E-state index contributed by atoms with van der Waals surface area (Å²) >= 11 is 0. The Bertz CT molecular complexity index is 250. The van der Waals surface area contributed by atoms with Crippen LogP contribution in [0.2, 0.25) is 0 Å². The zero-order valence-corrected chi connectivity index (χ0v) is 9.37. The van der Waals surface area contributed by atoms with Gasteiger partial charge < -0.3 is 20.4 Å². The van der Waals surface area contributed by atoms with E-state index in [1.54, 1.807) is 0 Å². The molecule has 0 unspecified atom stereocenters. The minimum atomic E-state index is -1.44. The molecule has 0 amide bonds. The molecule has 0 aromatic rings. The van der Waals surface area contributed by atoms with E-state index in [4.69, 9.17) is 44.9 Å². The summed E-state index contributed by atoms with van der Waals surface area (Å²) in [4.78, 5) is 36.0. The summed E-state index contributed by atoms with van der Waals surface area (Å²) in [6.07, 6.45) is 0. The zero-order chi connectivity index (χ0) is 15.0. The Kier molecular flexibility index (Phi) is 26.7. The minimum Gasteiger partial charge on any atom is -0.481 e. The van der Waals surface area contributed by atoms with Crippen LogP contribution in [-0.2, 0) is 19.2 Å². The molecule has 9 heteroatoms. The highest BCUT2D eigenvalue weighted by molar-refractivity contribution is 5.83. The van der Waals surface area contributed by atoms with E-state index in [2.05, 4.69) is 0 Å². The molecule has 0 aromatic heterocycles. The number of hydrogen-bond acceptors (Lipinski definition) is 5. The van der Waals surface area contributed by atoms with Gasteiger partial charge in [0.2, 0.25) is 0 Å². The molecule has 0 rings (SSSR count). The lowest BCUT2D eigenvalue weighted by Gasteiger charge is -1.59. The van der Waals surface area contributed by atoms with Crippen LogP contribution in [0.3, 0.4) is 0 Å². The van der Waals surface area contributed by atoms with Gasteiger partial charge in [-0.25, -0.2) is 4.79 Å². The van der Waals surface area contributed by atoms with Gasteiger partial charge in [-0.15, -0.1) is 0 Å². The lowest BCUT2D eigenvalue weighted by molar-refractivity contribution is -0.135. The maximum atomic E-state index is 9.01. The molecule has 0 aromatic carbocycles. The maximum absolute atomic E-state index is 9.01. The lowest BCUT2D eigenvalue weighted by atomic mass is 10.8. The molecule has 0 atom stereocenters. The van der Waals surface area contributed by atoms with Gasteiger partial charge in [0.25, 0.3) is 17.9 Å². The number of hydrogen-bond donors (Lipinski definition) is 4. The highest BCUT2D eigenvalue weighted by Gasteiger charge is 1.79. The van der Waals surface area contributed by atoms with Gasteiger partial charge in [-0.05, 0) is 0 Å². The van der Waals surface area contributed by atoms with E-state index >= 15 is 0 Å². The molecule has 17 heavy (non-hydrogen) atoms. The fraction of sp³-hybridized carbons (Fsp3) is 0.375. The molecule has 0 radical (unpaired) electrons. The van der Waals surface area contributed by atoms with E-state index in [0.717, 1.165) is 26.8 Å². The molecule has 0 saturated heterocycles. The average Bonchev–Trinajstić information content (AvgIpc) is 2.00. The van der Waals surface area contributed by atoms with E-state index in [-0.39, 0.29) is 0 Å². The Morgan fingerprint density at radius 2 is 0.824 bits per heavy atom. The molecule has 0 spiro atoms. The molecule has 0 aliphatic rings. The molecular formula is C8H13NO8. The second-order valence-electron chi connectivity index (χ2n) is 1.97. The van der Waals surface area contributed by atoms with E-state index in [1.165, 1.54) is 0 Å². The topological polar surface area (TPSA) is 173 Å². The first-order valence-electron chi connectivity index (χ1n) is 3.68. The van der Waals surface area contributed by atoms with Crippen molar-refractivity contribution >= 4 is 23.9 Å². The van der Waals surface area contributed by atoms with Crippen molar-refractivity contribution in [3.8, 4) is 6.07 Å². The summed E-state index contributed by atoms with van der Waals surface area (Å²) in [5.41, 5.74) is 0. The number of rotatable bonds is 0. The summed E-state index contributed by atoms with van der Waals surface area (Å²) in [6.45, 7) is 3.25. The van der Waals surface area contributed by atoms with Crippen LogP contribution < -0.4 is 0 Å². The van der Waals surface area contributed by atoms with Gasteiger partial charge in [0, 0.05) is 20.8 Å². The number of nitrogens with zero attached hydrogens (tertiary/aromatic N) is 1. The largest absolute Gasteiger partial charge is 0.481 e. The fourth-order valence-corrected chi connectivity index (χ4v) is 0. The number of carbonyl (C=O) groups is 4. The summed E-state index contributed by atoms with van der Waals surface area (Å²) < 4.78 is 0. The summed E-state index contributed by atoms with van der Waals surface area (Å²) in [5, 5.41) is 36.9. The van der Waals surface area contributed by atoms with Crippen molar-refractivity contribution in [2.45, 2.75) is 20.8 Å². The zero-order valence-electron chi connectivity index (χ0n) is 9.37. The van der Waals surface area contributed by atoms with Gasteiger partial charge in [0.1, 0.15) is 0 Å². The summed E-state index contributed by atoms with van der Waals surface area (Å²) in [5.74, 6) is -3.94. The van der Waals surface area contributed by atoms with Gasteiger partial charge in [-0.3, -0.25) is 14.4 Å². The third-order valence-electron chi connectivity index (χ3n) is 0.0956. The second-order valence-corrected chi connectivity index (χ2v) is 1.97. The van der Waals surface area contributed by atoms with Gasteiger partial charge in [0.15, 0.2) is 6.07 Å². The Hall–Kier alpha value is -2.63. The predicted octanol–water partition coefficient (Wildman–Crippen LogP) is -0.133. The Labute approximate surface area is 96.5 Å². The summed E-state index contributed by atoms with van der Waals surface area (Å²) in [6, 6.07) is 0.944. The van der Waals surface area contributed by atoms with E-state index in [1.807, 2.05) is 0 Å². The van der Waals surface area contributed by atoms with Crippen molar-refractivity contribution in [3.63, 3.8) is 0 Å². The van der Waals surface area contributed by atoms with Crippen molar-refractivity contribution in [3.05, 3.63) is 0 Å². The SMILES string of the molecule is CC(=O)O.CC(=O)O.CC(=O)O.N#CC(=O)O. The monoisotopic (exact) mass is 251 g/mol. The quantitative estimate of drug-likeness (QED) is 0.337. The number of nitriles is 1. The van der Waals surface area contributed by atoms with Crippen LogP contribution in [0.5, 0.6) is 0 Å².